The molecule has 1 N–H and O–H groups in total. The summed E-state index contributed by atoms with van der Waals surface area (Å²) in [6.07, 6.45) is 6.52. The quantitative estimate of drug-likeness (QED) is 0.681. The predicted molar refractivity (Wildman–Crippen MR) is 127 cm³/mol. The summed E-state index contributed by atoms with van der Waals surface area (Å²) in [6, 6.07) is 11.1. The van der Waals surface area contributed by atoms with Crippen LogP contribution in [0.2, 0.25) is 0 Å². The first-order chi connectivity index (χ1) is 14.6. The number of rotatable bonds is 7. The van der Waals surface area contributed by atoms with Crippen molar-refractivity contribution < 1.29 is 13.2 Å². The van der Waals surface area contributed by atoms with Crippen LogP contribution in [0.5, 0.6) is 0 Å². The van der Waals surface area contributed by atoms with E-state index in [1.54, 1.807) is 19.1 Å². The number of sulfonamides is 1. The molecule has 2 aromatic rings. The maximum atomic E-state index is 13.2. The first-order valence-electron chi connectivity index (χ1n) is 11.1. The van der Waals surface area contributed by atoms with E-state index in [0.717, 1.165) is 42.2 Å². The molecule has 5 nitrogen and oxygen atoms in total. The number of benzene rings is 2. The lowest BCUT2D eigenvalue weighted by atomic mass is 9.88. The van der Waals surface area contributed by atoms with E-state index in [9.17, 15) is 13.2 Å². The van der Waals surface area contributed by atoms with Crippen molar-refractivity contribution in [2.24, 2.45) is 0 Å². The Bertz CT molecular complexity index is 1040. The minimum Gasteiger partial charge on any atom is -0.347 e. The molecule has 168 valence electrons. The van der Waals surface area contributed by atoms with Crippen LogP contribution in [0.4, 0.5) is 5.69 Å². The normalized spacial score (nSPS) is 15.6. The maximum Gasteiger partial charge on any atom is 0.244 e. The molecule has 2 atom stereocenters. The topological polar surface area (TPSA) is 66.5 Å². The summed E-state index contributed by atoms with van der Waals surface area (Å²) >= 11 is 0. The van der Waals surface area contributed by atoms with Gasteiger partial charge in [-0.25, -0.2) is 8.42 Å². The number of amides is 1. The van der Waals surface area contributed by atoms with Crippen LogP contribution >= 0.6 is 0 Å². The number of aryl methyl sites for hydroxylation is 4. The van der Waals surface area contributed by atoms with Crippen LogP contribution in [-0.4, -0.2) is 26.6 Å². The second-order valence-corrected chi connectivity index (χ2v) is 10.6. The van der Waals surface area contributed by atoms with Crippen molar-refractivity contribution in [3.05, 3.63) is 64.2 Å². The number of anilines is 1. The molecule has 3 rings (SSSR count). The summed E-state index contributed by atoms with van der Waals surface area (Å²) in [5.74, 6) is -0.297. The van der Waals surface area contributed by atoms with E-state index in [0.29, 0.717) is 5.69 Å². The lowest BCUT2D eigenvalue weighted by Crippen LogP contribution is -2.48. The molecular weight excluding hydrogens is 408 g/mol. The number of carbonyl (C=O) groups is 1. The Kier molecular flexibility index (Phi) is 7.10. The minimum absolute atomic E-state index is 0.150. The van der Waals surface area contributed by atoms with Gasteiger partial charge in [0.05, 0.1) is 18.0 Å². The Morgan fingerprint density at radius 1 is 1.03 bits per heavy atom. The van der Waals surface area contributed by atoms with Gasteiger partial charge in [0.25, 0.3) is 0 Å². The van der Waals surface area contributed by atoms with Gasteiger partial charge in [-0.05, 0) is 92.8 Å². The molecule has 0 bridgehead atoms. The summed E-state index contributed by atoms with van der Waals surface area (Å²) in [6.45, 7) is 7.52. The number of nitrogens with one attached hydrogen (secondary N) is 1. The highest BCUT2D eigenvalue weighted by molar-refractivity contribution is 7.92. The molecule has 0 unspecified atom stereocenters. The van der Waals surface area contributed by atoms with E-state index in [1.165, 1.54) is 28.3 Å². The average molecular weight is 443 g/mol. The van der Waals surface area contributed by atoms with Gasteiger partial charge in [-0.1, -0.05) is 31.2 Å². The van der Waals surface area contributed by atoms with E-state index >= 15 is 0 Å². The Labute approximate surface area is 186 Å². The highest BCUT2D eigenvalue weighted by atomic mass is 32.2. The Hall–Kier alpha value is -2.34. The third-order valence-electron chi connectivity index (χ3n) is 6.05. The molecule has 1 aliphatic carbocycles. The third-order valence-corrected chi connectivity index (χ3v) is 7.29. The van der Waals surface area contributed by atoms with Crippen LogP contribution in [0, 0.1) is 13.8 Å². The second-order valence-electron chi connectivity index (χ2n) is 8.79. The van der Waals surface area contributed by atoms with E-state index in [2.05, 4.69) is 23.5 Å². The monoisotopic (exact) mass is 442 g/mol. The zero-order chi connectivity index (χ0) is 22.8. The molecule has 0 aromatic heterocycles. The molecule has 0 fully saturated rings. The van der Waals surface area contributed by atoms with Crippen LogP contribution in [-0.2, 0) is 27.7 Å². The summed E-state index contributed by atoms with van der Waals surface area (Å²) in [4.78, 5) is 13.2. The van der Waals surface area contributed by atoms with Crippen LogP contribution in [0.25, 0.3) is 0 Å². The molecule has 31 heavy (non-hydrogen) atoms. The number of nitrogens with zero attached hydrogens (tertiary/aromatic N) is 1. The van der Waals surface area contributed by atoms with E-state index < -0.39 is 16.1 Å². The zero-order valence-electron chi connectivity index (χ0n) is 19.2. The fourth-order valence-corrected chi connectivity index (χ4v) is 5.73. The minimum atomic E-state index is -3.64. The molecule has 0 spiro atoms. The fraction of sp³-hybridized carbons (Fsp3) is 0.480. The highest BCUT2D eigenvalue weighted by Gasteiger charge is 2.30. The number of hydrogen-bond donors (Lipinski definition) is 1. The van der Waals surface area contributed by atoms with Gasteiger partial charge in [0.2, 0.25) is 15.9 Å². The van der Waals surface area contributed by atoms with Gasteiger partial charge in [0, 0.05) is 0 Å². The van der Waals surface area contributed by atoms with Crippen molar-refractivity contribution in [3.8, 4) is 0 Å². The van der Waals surface area contributed by atoms with Crippen molar-refractivity contribution in [1.82, 2.24) is 5.32 Å². The van der Waals surface area contributed by atoms with Crippen molar-refractivity contribution in [2.75, 3.05) is 10.6 Å². The Morgan fingerprint density at radius 2 is 1.65 bits per heavy atom. The molecule has 0 aliphatic heterocycles. The Morgan fingerprint density at radius 3 is 2.23 bits per heavy atom. The lowest BCUT2D eigenvalue weighted by molar-refractivity contribution is -0.122. The van der Waals surface area contributed by atoms with Crippen LogP contribution in [0.3, 0.4) is 0 Å². The molecular formula is C25H34N2O3S. The van der Waals surface area contributed by atoms with Gasteiger partial charge in [-0.3, -0.25) is 9.10 Å². The van der Waals surface area contributed by atoms with Gasteiger partial charge in [0.15, 0.2) is 0 Å². The largest absolute Gasteiger partial charge is 0.347 e. The van der Waals surface area contributed by atoms with Crippen LogP contribution in [0.1, 0.15) is 67.0 Å². The summed E-state index contributed by atoms with van der Waals surface area (Å²) < 4.78 is 26.5. The first kappa shape index (κ1) is 23.3. The summed E-state index contributed by atoms with van der Waals surface area (Å²) in [5, 5.41) is 3.10. The fourth-order valence-electron chi connectivity index (χ4n) is 4.57. The van der Waals surface area contributed by atoms with E-state index in [-0.39, 0.29) is 11.9 Å². The third kappa shape index (κ3) is 5.48. The van der Waals surface area contributed by atoms with Gasteiger partial charge in [0.1, 0.15) is 6.04 Å². The maximum absolute atomic E-state index is 13.2. The van der Waals surface area contributed by atoms with Crippen molar-refractivity contribution in [2.45, 2.75) is 71.9 Å². The van der Waals surface area contributed by atoms with Crippen LogP contribution in [0.15, 0.2) is 36.4 Å². The Balaban J connectivity index is 1.85. The predicted octanol–water partition coefficient (Wildman–Crippen LogP) is 4.60. The number of hydrogen-bond acceptors (Lipinski definition) is 3. The molecule has 6 heteroatoms. The standard InChI is InChI=1S/C25H34N2O3S/c1-6-24(22-12-11-20-9-7-8-10-21(20)16-22)26-25(28)19(4)27(31(5,29)30)23-14-17(2)13-18(3)15-23/h11-16,19,24H,6-10H2,1-5H3,(H,26,28)/t19-,24+/m1/s1. The van der Waals surface area contributed by atoms with Crippen molar-refractivity contribution in [3.63, 3.8) is 0 Å². The molecule has 0 radical (unpaired) electrons. The molecule has 1 aliphatic rings. The van der Waals surface area contributed by atoms with Gasteiger partial charge in [-0.2, -0.15) is 0 Å². The number of carbonyl (C=O) groups excluding carboxylic acids is 1. The van der Waals surface area contributed by atoms with E-state index in [4.69, 9.17) is 0 Å². The zero-order valence-corrected chi connectivity index (χ0v) is 20.1. The smallest absolute Gasteiger partial charge is 0.244 e. The van der Waals surface area contributed by atoms with Gasteiger partial charge in [-0.15, -0.1) is 0 Å². The van der Waals surface area contributed by atoms with Gasteiger partial charge >= 0.3 is 0 Å². The number of fused-ring (bicyclic) bond motifs is 1. The van der Waals surface area contributed by atoms with Crippen molar-refractivity contribution in [1.29, 1.82) is 0 Å². The van der Waals surface area contributed by atoms with E-state index in [1.807, 2.05) is 26.8 Å². The average Bonchev–Trinajstić information content (AvgIpc) is 2.69. The molecule has 1 amide bonds. The highest BCUT2D eigenvalue weighted by Crippen LogP contribution is 2.27. The van der Waals surface area contributed by atoms with Crippen molar-refractivity contribution >= 4 is 21.6 Å². The molecule has 0 heterocycles. The SMILES string of the molecule is CC[C@H](NC(=O)[C@@H](C)N(c1cc(C)cc(C)c1)S(C)(=O)=O)c1ccc2c(c1)CCCC2. The molecule has 0 saturated heterocycles. The molecule has 0 saturated carbocycles. The first-order valence-corrected chi connectivity index (χ1v) is 12.9. The van der Waals surface area contributed by atoms with Gasteiger partial charge < -0.3 is 5.32 Å². The molecule has 2 aromatic carbocycles. The lowest BCUT2D eigenvalue weighted by Gasteiger charge is -2.30. The van der Waals surface area contributed by atoms with Crippen LogP contribution < -0.4 is 9.62 Å². The summed E-state index contributed by atoms with van der Waals surface area (Å²) in [5.41, 5.74) is 6.29. The summed E-state index contributed by atoms with van der Waals surface area (Å²) in [7, 11) is -3.64. The second kappa shape index (κ2) is 9.43.